The second kappa shape index (κ2) is 7.26. The summed E-state index contributed by atoms with van der Waals surface area (Å²) in [6.45, 7) is 0. The lowest BCUT2D eigenvalue weighted by molar-refractivity contribution is -0.123. The largest absolute Gasteiger partial charge is 0.506 e. The highest BCUT2D eigenvalue weighted by molar-refractivity contribution is 8.26. The number of hydrazine groups is 1. The molecule has 0 bridgehead atoms. The smallest absolute Gasteiger partial charge is 0.285 e. The summed E-state index contributed by atoms with van der Waals surface area (Å²) in [4.78, 5) is 25.0. The molecule has 1 heterocycles. The van der Waals surface area contributed by atoms with Gasteiger partial charge in [-0.1, -0.05) is 47.6 Å². The van der Waals surface area contributed by atoms with Crippen molar-refractivity contribution in [1.29, 1.82) is 0 Å². The van der Waals surface area contributed by atoms with E-state index in [0.29, 0.717) is 16.0 Å². The molecule has 0 atom stereocenters. The predicted octanol–water partition coefficient (Wildman–Crippen LogP) is 3.59. The number of nitrogens with one attached hydrogen (secondary N) is 1. The van der Waals surface area contributed by atoms with Crippen LogP contribution in [0, 0.1) is 0 Å². The molecule has 5 nitrogen and oxygen atoms in total. The van der Waals surface area contributed by atoms with E-state index in [9.17, 15) is 14.7 Å². The molecule has 2 aromatic rings. The van der Waals surface area contributed by atoms with Crippen molar-refractivity contribution in [2.45, 2.75) is 0 Å². The molecule has 2 amide bonds. The first-order valence-corrected chi connectivity index (χ1v) is 8.68. The third-order valence-electron chi connectivity index (χ3n) is 3.31. The lowest BCUT2D eigenvalue weighted by atomic mass is 10.2. The molecule has 3 rings (SSSR count). The van der Waals surface area contributed by atoms with E-state index in [1.54, 1.807) is 42.5 Å². The van der Waals surface area contributed by atoms with Crippen LogP contribution in [0.1, 0.15) is 15.9 Å². The predicted molar refractivity (Wildman–Crippen MR) is 102 cm³/mol. The van der Waals surface area contributed by atoms with E-state index < -0.39 is 11.8 Å². The highest BCUT2D eigenvalue weighted by Crippen LogP contribution is 2.33. The van der Waals surface area contributed by atoms with E-state index in [2.05, 4.69) is 5.43 Å². The van der Waals surface area contributed by atoms with E-state index >= 15 is 0 Å². The zero-order valence-corrected chi connectivity index (χ0v) is 15.0. The molecule has 0 saturated carbocycles. The Balaban J connectivity index is 1.79. The lowest BCUT2D eigenvalue weighted by Crippen LogP contribution is -2.44. The summed E-state index contributed by atoms with van der Waals surface area (Å²) in [6, 6.07) is 13.1. The number of carbonyl (C=O) groups excluding carboxylic acids is 2. The Morgan fingerprint density at radius 3 is 2.64 bits per heavy atom. The van der Waals surface area contributed by atoms with Crippen LogP contribution in [-0.2, 0) is 4.79 Å². The van der Waals surface area contributed by atoms with Crippen LogP contribution in [0.3, 0.4) is 0 Å². The van der Waals surface area contributed by atoms with Crippen LogP contribution < -0.4 is 5.43 Å². The quantitative estimate of drug-likeness (QED) is 0.619. The van der Waals surface area contributed by atoms with Gasteiger partial charge in [-0.2, -0.15) is 5.01 Å². The molecular formula is C17H11ClN2O3S2. The average molecular weight is 391 g/mol. The fourth-order valence-corrected chi connectivity index (χ4v) is 3.45. The second-order valence-corrected chi connectivity index (χ2v) is 7.12. The first-order valence-electron chi connectivity index (χ1n) is 7.08. The third kappa shape index (κ3) is 3.84. The fraction of sp³-hybridized carbons (Fsp3) is 0. The number of phenolic OH excluding ortho intramolecular Hbond substituents is 1. The highest BCUT2D eigenvalue weighted by atomic mass is 35.5. The third-order valence-corrected chi connectivity index (χ3v) is 4.92. The van der Waals surface area contributed by atoms with Crippen molar-refractivity contribution < 1.29 is 14.7 Å². The standard InChI is InChI=1S/C17H11ClN2O3S2/c18-12-8-10(6-7-13(12)21)9-14-16(23)20(17(24)25-14)19-15(22)11-4-2-1-3-5-11/h1-9,21H,(H,19,22)/b14-9+. The van der Waals surface area contributed by atoms with E-state index in [0.717, 1.165) is 16.8 Å². The molecule has 2 aromatic carbocycles. The van der Waals surface area contributed by atoms with Gasteiger partial charge in [0.05, 0.1) is 9.93 Å². The van der Waals surface area contributed by atoms with Gasteiger partial charge in [0.2, 0.25) is 0 Å². The molecule has 25 heavy (non-hydrogen) atoms. The molecule has 126 valence electrons. The minimum atomic E-state index is -0.427. The average Bonchev–Trinajstić information content (AvgIpc) is 2.86. The van der Waals surface area contributed by atoms with E-state index in [4.69, 9.17) is 23.8 Å². The van der Waals surface area contributed by atoms with Crippen molar-refractivity contribution in [1.82, 2.24) is 10.4 Å². The van der Waals surface area contributed by atoms with Gasteiger partial charge in [-0.05, 0) is 48.1 Å². The number of nitrogens with zero attached hydrogens (tertiary/aromatic N) is 1. The summed E-state index contributed by atoms with van der Waals surface area (Å²) >= 11 is 12.1. The Labute approximate surface area is 158 Å². The second-order valence-electron chi connectivity index (χ2n) is 5.03. The van der Waals surface area contributed by atoms with Crippen molar-refractivity contribution in [3.63, 3.8) is 0 Å². The van der Waals surface area contributed by atoms with Gasteiger partial charge in [0.1, 0.15) is 5.75 Å². The molecule has 1 fully saturated rings. The monoisotopic (exact) mass is 390 g/mol. The van der Waals surface area contributed by atoms with Gasteiger partial charge < -0.3 is 5.11 Å². The fourth-order valence-electron chi connectivity index (χ4n) is 2.08. The summed E-state index contributed by atoms with van der Waals surface area (Å²) in [7, 11) is 0. The Bertz CT molecular complexity index is 900. The first kappa shape index (κ1) is 17.5. The number of halogens is 1. The van der Waals surface area contributed by atoms with Crippen molar-refractivity contribution in [2.75, 3.05) is 0 Å². The summed E-state index contributed by atoms with van der Waals surface area (Å²) in [5.74, 6) is -0.893. The van der Waals surface area contributed by atoms with Crippen LogP contribution in [0.2, 0.25) is 5.02 Å². The SMILES string of the molecule is O=C(NN1C(=O)/C(=C\c2ccc(O)c(Cl)c2)SC1=S)c1ccccc1. The van der Waals surface area contributed by atoms with Crippen LogP contribution >= 0.6 is 35.6 Å². The van der Waals surface area contributed by atoms with Crippen LogP contribution in [0.25, 0.3) is 6.08 Å². The summed E-state index contributed by atoms with van der Waals surface area (Å²) in [5.41, 5.74) is 3.57. The maximum Gasteiger partial charge on any atom is 0.285 e. The minimum absolute atomic E-state index is 0.0403. The molecule has 2 N–H and O–H groups in total. The zero-order chi connectivity index (χ0) is 18.0. The molecule has 0 aromatic heterocycles. The topological polar surface area (TPSA) is 69.6 Å². The Hall–Kier alpha value is -2.35. The van der Waals surface area contributed by atoms with Gasteiger partial charge >= 0.3 is 0 Å². The molecule has 8 heteroatoms. The van der Waals surface area contributed by atoms with Crippen LogP contribution in [0.5, 0.6) is 5.75 Å². The highest BCUT2D eigenvalue weighted by Gasteiger charge is 2.33. The minimum Gasteiger partial charge on any atom is -0.506 e. The molecule has 0 aliphatic carbocycles. The van der Waals surface area contributed by atoms with Crippen molar-refractivity contribution in [2.24, 2.45) is 0 Å². The van der Waals surface area contributed by atoms with Gasteiger partial charge in [-0.25, -0.2) is 0 Å². The number of hydrogen-bond acceptors (Lipinski definition) is 5. The number of aromatic hydroxyl groups is 1. The normalized spacial score (nSPS) is 15.7. The number of rotatable bonds is 3. The molecule has 0 radical (unpaired) electrons. The first-order chi connectivity index (χ1) is 12.0. The van der Waals surface area contributed by atoms with E-state index in [1.807, 2.05) is 0 Å². The number of thiocarbonyl (C=S) groups is 1. The molecule has 0 unspecified atom stereocenters. The van der Waals surface area contributed by atoms with Crippen LogP contribution in [-0.4, -0.2) is 26.3 Å². The lowest BCUT2D eigenvalue weighted by Gasteiger charge is -2.15. The Morgan fingerprint density at radius 2 is 1.96 bits per heavy atom. The van der Waals surface area contributed by atoms with Gasteiger partial charge in [0.15, 0.2) is 4.32 Å². The molecular weight excluding hydrogens is 380 g/mol. The van der Waals surface area contributed by atoms with Crippen molar-refractivity contribution in [3.05, 3.63) is 69.6 Å². The summed E-state index contributed by atoms with van der Waals surface area (Å²) < 4.78 is 0.227. The van der Waals surface area contributed by atoms with Gasteiger partial charge in [-0.15, -0.1) is 0 Å². The van der Waals surface area contributed by atoms with Crippen molar-refractivity contribution in [3.8, 4) is 5.75 Å². The van der Waals surface area contributed by atoms with Crippen LogP contribution in [0.4, 0.5) is 0 Å². The summed E-state index contributed by atoms with van der Waals surface area (Å²) in [6.07, 6.45) is 1.60. The molecule has 1 aliphatic heterocycles. The number of benzene rings is 2. The zero-order valence-electron chi connectivity index (χ0n) is 12.6. The maximum atomic E-state index is 12.5. The van der Waals surface area contributed by atoms with Gasteiger partial charge in [0, 0.05) is 5.56 Å². The van der Waals surface area contributed by atoms with Gasteiger partial charge in [0.25, 0.3) is 11.8 Å². The number of hydrogen-bond donors (Lipinski definition) is 2. The van der Waals surface area contributed by atoms with Crippen molar-refractivity contribution >= 4 is 57.8 Å². The number of thioether (sulfide) groups is 1. The van der Waals surface area contributed by atoms with E-state index in [-0.39, 0.29) is 15.1 Å². The molecule has 1 saturated heterocycles. The summed E-state index contributed by atoms with van der Waals surface area (Å²) in [5, 5.41) is 10.7. The Kier molecular flexibility index (Phi) is 5.08. The Morgan fingerprint density at radius 1 is 1.24 bits per heavy atom. The molecule has 0 spiro atoms. The molecule has 1 aliphatic rings. The maximum absolute atomic E-state index is 12.5. The number of carbonyl (C=O) groups is 2. The van der Waals surface area contributed by atoms with Gasteiger partial charge in [-0.3, -0.25) is 15.0 Å². The van der Waals surface area contributed by atoms with E-state index in [1.165, 1.54) is 12.1 Å². The number of phenols is 1. The van der Waals surface area contributed by atoms with Crippen LogP contribution in [0.15, 0.2) is 53.4 Å². The number of amides is 2.